The Morgan fingerprint density at radius 2 is 2.24 bits per heavy atom. The number of nitrogen functional groups attached to an aromatic ring is 1. The van der Waals surface area contributed by atoms with E-state index in [1.165, 1.54) is 13.0 Å². The maximum absolute atomic E-state index is 5.71. The first-order valence-electron chi connectivity index (χ1n) is 6.29. The zero-order chi connectivity index (χ0) is 12.3. The normalized spacial score (nSPS) is 23.5. The van der Waals surface area contributed by atoms with Crippen LogP contribution in [0.25, 0.3) is 0 Å². The average molecular weight is 234 g/mol. The molecule has 1 fully saturated rings. The largest absolute Gasteiger partial charge is 0.384 e. The molecule has 1 aliphatic rings. The van der Waals surface area contributed by atoms with Gasteiger partial charge in [-0.1, -0.05) is 6.07 Å². The van der Waals surface area contributed by atoms with Crippen molar-refractivity contribution in [1.29, 1.82) is 0 Å². The minimum atomic E-state index is 0.575. The highest BCUT2D eigenvalue weighted by atomic mass is 15.2. The zero-order valence-corrected chi connectivity index (χ0v) is 10.8. The average Bonchev–Trinajstić information content (AvgIpc) is 2.41. The lowest BCUT2D eigenvalue weighted by molar-refractivity contribution is 0.192. The fraction of sp³-hybridized carbons (Fsp3) is 0.615. The molecule has 1 saturated heterocycles. The van der Waals surface area contributed by atoms with Crippen LogP contribution in [0.3, 0.4) is 0 Å². The fourth-order valence-corrected chi connectivity index (χ4v) is 2.45. The topological polar surface area (TPSA) is 45.4 Å². The van der Waals surface area contributed by atoms with E-state index < -0.39 is 0 Å². The highest BCUT2D eigenvalue weighted by Crippen LogP contribution is 2.12. The van der Waals surface area contributed by atoms with E-state index >= 15 is 0 Å². The van der Waals surface area contributed by atoms with Crippen LogP contribution in [-0.4, -0.2) is 47.5 Å². The van der Waals surface area contributed by atoms with Gasteiger partial charge in [-0.2, -0.15) is 0 Å². The van der Waals surface area contributed by atoms with Crippen molar-refractivity contribution in [2.75, 3.05) is 32.4 Å². The molecule has 0 bridgehead atoms. The molecule has 17 heavy (non-hydrogen) atoms. The molecule has 0 saturated carbocycles. The summed E-state index contributed by atoms with van der Waals surface area (Å²) in [7, 11) is 2.19. The number of hydrogen-bond donors (Lipinski definition) is 1. The molecule has 4 heteroatoms. The molecule has 0 radical (unpaired) electrons. The van der Waals surface area contributed by atoms with Gasteiger partial charge in [-0.05, 0) is 39.1 Å². The molecule has 0 aliphatic carbocycles. The van der Waals surface area contributed by atoms with Gasteiger partial charge in [-0.3, -0.25) is 4.90 Å². The standard InChI is InChI=1S/C13H22N4/c1-11-9-16(2)7-4-8-17(11)10-12-5-3-6-13(14)15-12/h3,5-6,11H,4,7-10H2,1-2H3,(H2,14,15). The number of aromatic nitrogens is 1. The molecule has 0 amide bonds. The Morgan fingerprint density at radius 3 is 3.00 bits per heavy atom. The predicted molar refractivity (Wildman–Crippen MR) is 70.6 cm³/mol. The fourth-order valence-electron chi connectivity index (χ4n) is 2.45. The Hall–Kier alpha value is -1.13. The molecule has 1 aliphatic heterocycles. The summed E-state index contributed by atoms with van der Waals surface area (Å²) in [5.41, 5.74) is 6.78. The van der Waals surface area contributed by atoms with E-state index in [0.29, 0.717) is 11.9 Å². The summed E-state index contributed by atoms with van der Waals surface area (Å²) in [6.45, 7) is 6.64. The lowest BCUT2D eigenvalue weighted by atomic mass is 10.2. The van der Waals surface area contributed by atoms with Gasteiger partial charge < -0.3 is 10.6 Å². The van der Waals surface area contributed by atoms with Crippen molar-refractivity contribution in [3.05, 3.63) is 23.9 Å². The van der Waals surface area contributed by atoms with Gasteiger partial charge in [0.2, 0.25) is 0 Å². The van der Waals surface area contributed by atoms with E-state index in [1.54, 1.807) is 0 Å². The minimum absolute atomic E-state index is 0.575. The lowest BCUT2D eigenvalue weighted by Crippen LogP contribution is -2.37. The maximum Gasteiger partial charge on any atom is 0.123 e. The van der Waals surface area contributed by atoms with Gasteiger partial charge in [0, 0.05) is 25.7 Å². The van der Waals surface area contributed by atoms with Crippen molar-refractivity contribution in [2.45, 2.75) is 25.9 Å². The van der Waals surface area contributed by atoms with Crippen LogP contribution in [0.2, 0.25) is 0 Å². The van der Waals surface area contributed by atoms with Gasteiger partial charge in [-0.15, -0.1) is 0 Å². The van der Waals surface area contributed by atoms with Gasteiger partial charge >= 0.3 is 0 Å². The molecule has 2 N–H and O–H groups in total. The minimum Gasteiger partial charge on any atom is -0.384 e. The summed E-state index contributed by atoms with van der Waals surface area (Å²) in [5, 5.41) is 0. The van der Waals surface area contributed by atoms with Crippen LogP contribution in [0.15, 0.2) is 18.2 Å². The number of nitrogens with zero attached hydrogens (tertiary/aromatic N) is 3. The highest BCUT2D eigenvalue weighted by Gasteiger charge is 2.19. The molecule has 1 atom stereocenters. The molecule has 2 rings (SSSR count). The SMILES string of the molecule is CC1CN(C)CCCN1Cc1cccc(N)n1. The second-order valence-electron chi connectivity index (χ2n) is 4.99. The smallest absolute Gasteiger partial charge is 0.123 e. The van der Waals surface area contributed by atoms with Crippen molar-refractivity contribution in [3.8, 4) is 0 Å². The molecule has 1 aromatic rings. The third kappa shape index (κ3) is 3.41. The van der Waals surface area contributed by atoms with Crippen LogP contribution in [0, 0.1) is 0 Å². The third-order valence-corrected chi connectivity index (χ3v) is 3.38. The number of pyridine rings is 1. The summed E-state index contributed by atoms with van der Waals surface area (Å²) in [6.07, 6.45) is 1.23. The van der Waals surface area contributed by atoms with Crippen molar-refractivity contribution in [1.82, 2.24) is 14.8 Å². The molecule has 0 aromatic carbocycles. The lowest BCUT2D eigenvalue weighted by Gasteiger charge is -2.27. The second-order valence-corrected chi connectivity index (χ2v) is 4.99. The Kier molecular flexibility index (Phi) is 3.97. The van der Waals surface area contributed by atoms with Crippen molar-refractivity contribution in [3.63, 3.8) is 0 Å². The van der Waals surface area contributed by atoms with Crippen LogP contribution >= 0.6 is 0 Å². The molecule has 94 valence electrons. The van der Waals surface area contributed by atoms with Crippen LogP contribution in [-0.2, 0) is 6.54 Å². The van der Waals surface area contributed by atoms with Crippen molar-refractivity contribution < 1.29 is 0 Å². The first kappa shape index (κ1) is 12.3. The quantitative estimate of drug-likeness (QED) is 0.835. The van der Waals surface area contributed by atoms with Gasteiger partial charge in [0.1, 0.15) is 5.82 Å². The predicted octanol–water partition coefficient (Wildman–Crippen LogP) is 1.19. The van der Waals surface area contributed by atoms with E-state index in [-0.39, 0.29) is 0 Å². The van der Waals surface area contributed by atoms with Gasteiger partial charge in [0.15, 0.2) is 0 Å². The summed E-state index contributed by atoms with van der Waals surface area (Å²) in [6, 6.07) is 6.44. The number of likely N-dealkylation sites (N-methyl/N-ethyl adjacent to an activating group) is 1. The van der Waals surface area contributed by atoms with Crippen LogP contribution in [0.1, 0.15) is 19.0 Å². The highest BCUT2D eigenvalue weighted by molar-refractivity contribution is 5.28. The zero-order valence-electron chi connectivity index (χ0n) is 10.8. The van der Waals surface area contributed by atoms with E-state index in [9.17, 15) is 0 Å². The van der Waals surface area contributed by atoms with Crippen LogP contribution in [0.4, 0.5) is 5.82 Å². The van der Waals surface area contributed by atoms with Crippen LogP contribution < -0.4 is 5.73 Å². The molecule has 1 unspecified atom stereocenters. The molecule has 0 spiro atoms. The number of rotatable bonds is 2. The number of nitrogens with two attached hydrogens (primary N) is 1. The molecule has 1 aromatic heterocycles. The second kappa shape index (κ2) is 5.47. The summed E-state index contributed by atoms with van der Waals surface area (Å²) in [5.74, 6) is 0.613. The van der Waals surface area contributed by atoms with E-state index in [2.05, 4.69) is 34.8 Å². The number of hydrogen-bond acceptors (Lipinski definition) is 4. The summed E-state index contributed by atoms with van der Waals surface area (Å²) < 4.78 is 0. The van der Waals surface area contributed by atoms with E-state index in [0.717, 1.165) is 25.3 Å². The first-order chi connectivity index (χ1) is 8.15. The van der Waals surface area contributed by atoms with Gasteiger partial charge in [0.05, 0.1) is 5.69 Å². The third-order valence-electron chi connectivity index (χ3n) is 3.38. The maximum atomic E-state index is 5.71. The first-order valence-corrected chi connectivity index (χ1v) is 6.29. The summed E-state index contributed by atoms with van der Waals surface area (Å²) >= 11 is 0. The van der Waals surface area contributed by atoms with Crippen molar-refractivity contribution in [2.24, 2.45) is 0 Å². The molecule has 4 nitrogen and oxygen atoms in total. The Balaban J connectivity index is 2.02. The van der Waals surface area contributed by atoms with Crippen molar-refractivity contribution >= 4 is 5.82 Å². The molecular weight excluding hydrogens is 212 g/mol. The van der Waals surface area contributed by atoms with Gasteiger partial charge in [0.25, 0.3) is 0 Å². The van der Waals surface area contributed by atoms with E-state index in [4.69, 9.17) is 5.73 Å². The Morgan fingerprint density at radius 1 is 1.41 bits per heavy atom. The Labute approximate surface area is 103 Å². The van der Waals surface area contributed by atoms with E-state index in [1.807, 2.05) is 12.1 Å². The molecular formula is C13H22N4. The summed E-state index contributed by atoms with van der Waals surface area (Å²) in [4.78, 5) is 9.27. The molecule has 2 heterocycles. The van der Waals surface area contributed by atoms with Crippen LogP contribution in [0.5, 0.6) is 0 Å². The van der Waals surface area contributed by atoms with Gasteiger partial charge in [-0.25, -0.2) is 4.98 Å². The number of anilines is 1. The Bertz CT molecular complexity index is 366. The monoisotopic (exact) mass is 234 g/mol.